The van der Waals surface area contributed by atoms with Gasteiger partial charge >= 0.3 is 0 Å². The number of carbonyl (C=O) groups excluding carboxylic acids is 1. The van der Waals surface area contributed by atoms with Gasteiger partial charge in [-0.3, -0.25) is 4.79 Å². The van der Waals surface area contributed by atoms with Gasteiger partial charge in [-0.15, -0.1) is 0 Å². The van der Waals surface area contributed by atoms with E-state index in [4.69, 9.17) is 9.47 Å². The third-order valence-corrected chi connectivity index (χ3v) is 3.57. The third-order valence-electron chi connectivity index (χ3n) is 3.57. The van der Waals surface area contributed by atoms with Crippen LogP contribution >= 0.6 is 0 Å². The van der Waals surface area contributed by atoms with Gasteiger partial charge in [0.25, 0.3) is 5.91 Å². The average molecular weight is 268 g/mol. The molecule has 0 radical (unpaired) electrons. The van der Waals surface area contributed by atoms with E-state index in [9.17, 15) is 4.79 Å². The zero-order valence-electron chi connectivity index (χ0n) is 11.9. The largest absolute Gasteiger partial charge is 0.494 e. The first-order chi connectivity index (χ1) is 9.18. The predicted octanol–water partition coefficient (Wildman–Crippen LogP) is 1.25. The van der Waals surface area contributed by atoms with Crippen LogP contribution in [-0.2, 0) is 14.3 Å². The Morgan fingerprint density at radius 2 is 2.32 bits per heavy atom. The minimum Gasteiger partial charge on any atom is -0.494 e. The quantitative estimate of drug-likeness (QED) is 0.834. The fourth-order valence-corrected chi connectivity index (χ4v) is 2.47. The maximum Gasteiger partial charge on any atom is 0.292 e. The second-order valence-corrected chi connectivity index (χ2v) is 5.40. The number of amides is 1. The Balaban J connectivity index is 1.98. The van der Waals surface area contributed by atoms with E-state index in [1.54, 1.807) is 0 Å². The summed E-state index contributed by atoms with van der Waals surface area (Å²) < 4.78 is 10.6. The predicted molar refractivity (Wildman–Crippen MR) is 72.5 cm³/mol. The van der Waals surface area contributed by atoms with Crippen molar-refractivity contribution in [1.29, 1.82) is 0 Å². The number of rotatable bonds is 4. The first kappa shape index (κ1) is 14.2. The van der Waals surface area contributed by atoms with E-state index >= 15 is 0 Å². The summed E-state index contributed by atoms with van der Waals surface area (Å²) in [7, 11) is 0. The summed E-state index contributed by atoms with van der Waals surface area (Å²) in [6.07, 6.45) is 5.04. The molecule has 2 aliphatic heterocycles. The number of ether oxygens (including phenoxy) is 2. The van der Waals surface area contributed by atoms with Gasteiger partial charge in [-0.25, -0.2) is 0 Å². The first-order valence-electron chi connectivity index (χ1n) is 7.17. The zero-order chi connectivity index (χ0) is 13.7. The molecule has 0 aliphatic carbocycles. The first-order valence-corrected chi connectivity index (χ1v) is 7.17. The number of hydrogen-bond donors (Lipinski definition) is 1. The lowest BCUT2D eigenvalue weighted by molar-refractivity contribution is -0.134. The highest BCUT2D eigenvalue weighted by Gasteiger charge is 2.27. The summed E-state index contributed by atoms with van der Waals surface area (Å²) in [4.78, 5) is 14.3. The van der Waals surface area contributed by atoms with Gasteiger partial charge in [-0.2, -0.15) is 0 Å². The van der Waals surface area contributed by atoms with Crippen molar-refractivity contribution in [1.82, 2.24) is 10.2 Å². The van der Waals surface area contributed by atoms with E-state index in [1.807, 2.05) is 18.7 Å². The molecule has 5 nitrogen and oxygen atoms in total. The van der Waals surface area contributed by atoms with Crippen molar-refractivity contribution >= 4 is 5.91 Å². The normalized spacial score (nSPS) is 23.3. The van der Waals surface area contributed by atoms with Crippen LogP contribution in [0.1, 0.15) is 33.1 Å². The molecule has 2 aliphatic rings. The van der Waals surface area contributed by atoms with Gasteiger partial charge in [-0.05, 0) is 33.2 Å². The molecular formula is C14H24N2O3. The van der Waals surface area contributed by atoms with Crippen molar-refractivity contribution in [3.8, 4) is 0 Å². The molecule has 2 rings (SSSR count). The highest BCUT2D eigenvalue weighted by Crippen LogP contribution is 2.15. The average Bonchev–Trinajstić information content (AvgIpc) is 2.46. The molecule has 19 heavy (non-hydrogen) atoms. The fourth-order valence-electron chi connectivity index (χ4n) is 2.47. The minimum absolute atomic E-state index is 0.0675. The van der Waals surface area contributed by atoms with Crippen LogP contribution in [0.5, 0.6) is 0 Å². The van der Waals surface area contributed by atoms with Crippen molar-refractivity contribution in [2.75, 3.05) is 26.3 Å². The molecule has 0 bridgehead atoms. The molecule has 5 heteroatoms. The Hall–Kier alpha value is -1.23. The smallest absolute Gasteiger partial charge is 0.292 e. The third kappa shape index (κ3) is 3.86. The topological polar surface area (TPSA) is 50.8 Å². The van der Waals surface area contributed by atoms with Crippen molar-refractivity contribution in [3.63, 3.8) is 0 Å². The molecular weight excluding hydrogens is 244 g/mol. The van der Waals surface area contributed by atoms with Crippen molar-refractivity contribution < 1.29 is 14.3 Å². The van der Waals surface area contributed by atoms with Gasteiger partial charge in [0.2, 0.25) is 5.76 Å². The van der Waals surface area contributed by atoms with Crippen molar-refractivity contribution in [2.24, 2.45) is 0 Å². The van der Waals surface area contributed by atoms with Crippen LogP contribution in [0.15, 0.2) is 12.0 Å². The Morgan fingerprint density at radius 1 is 1.47 bits per heavy atom. The van der Waals surface area contributed by atoms with Crippen LogP contribution in [0.25, 0.3) is 0 Å². The molecule has 0 saturated carbocycles. The number of hydrogen-bond acceptors (Lipinski definition) is 4. The Bertz CT molecular complexity index is 336. The van der Waals surface area contributed by atoms with Crippen molar-refractivity contribution in [3.05, 3.63) is 12.0 Å². The number of carbonyl (C=O) groups is 1. The minimum atomic E-state index is -0.0675. The molecule has 0 aromatic rings. The summed E-state index contributed by atoms with van der Waals surface area (Å²) in [5.41, 5.74) is 0. The lowest BCUT2D eigenvalue weighted by Crippen LogP contribution is -2.49. The second-order valence-electron chi connectivity index (χ2n) is 5.40. The van der Waals surface area contributed by atoms with Crippen LogP contribution < -0.4 is 5.32 Å². The van der Waals surface area contributed by atoms with E-state index in [0.29, 0.717) is 25.0 Å². The van der Waals surface area contributed by atoms with E-state index < -0.39 is 0 Å². The lowest BCUT2D eigenvalue weighted by atomic mass is 10.0. The Kier molecular flexibility index (Phi) is 5.07. The van der Waals surface area contributed by atoms with Crippen LogP contribution in [0.4, 0.5) is 0 Å². The van der Waals surface area contributed by atoms with E-state index in [1.165, 1.54) is 19.1 Å². The number of nitrogens with zero attached hydrogens (tertiary/aromatic N) is 1. The molecule has 0 aromatic carbocycles. The molecule has 1 fully saturated rings. The molecule has 1 unspecified atom stereocenters. The Labute approximate surface area is 114 Å². The summed E-state index contributed by atoms with van der Waals surface area (Å²) >= 11 is 0. The number of nitrogens with one attached hydrogen (secondary N) is 1. The molecule has 108 valence electrons. The van der Waals surface area contributed by atoms with E-state index in [2.05, 4.69) is 5.32 Å². The number of piperidine rings is 1. The highest BCUT2D eigenvalue weighted by molar-refractivity contribution is 5.91. The van der Waals surface area contributed by atoms with E-state index in [0.717, 1.165) is 19.5 Å². The maximum atomic E-state index is 12.4. The van der Waals surface area contributed by atoms with E-state index in [-0.39, 0.29) is 11.9 Å². The maximum absolute atomic E-state index is 12.4. The molecule has 1 saturated heterocycles. The van der Waals surface area contributed by atoms with Crippen LogP contribution in [0.2, 0.25) is 0 Å². The highest BCUT2D eigenvalue weighted by atomic mass is 16.6. The van der Waals surface area contributed by atoms with Gasteiger partial charge in [0.15, 0.2) is 0 Å². The standard InChI is InChI=1S/C14H24N2O3/c1-11(2)16(9-12-5-3-4-6-15-12)14(17)13-10-18-7-8-19-13/h10-12,15H,3-9H2,1-2H3. The van der Waals surface area contributed by atoms with Gasteiger partial charge in [-0.1, -0.05) is 6.42 Å². The van der Waals surface area contributed by atoms with Crippen LogP contribution in [0.3, 0.4) is 0 Å². The second kappa shape index (κ2) is 6.80. The zero-order valence-corrected chi connectivity index (χ0v) is 11.9. The SMILES string of the molecule is CC(C)N(CC1CCCCN1)C(=O)C1=COCCO1. The molecule has 1 atom stereocenters. The lowest BCUT2D eigenvalue weighted by Gasteiger charge is -2.33. The molecule has 1 amide bonds. The van der Waals surface area contributed by atoms with Gasteiger partial charge in [0.1, 0.15) is 19.5 Å². The summed E-state index contributed by atoms with van der Waals surface area (Å²) in [6.45, 7) is 6.81. The summed E-state index contributed by atoms with van der Waals surface area (Å²) in [6, 6.07) is 0.549. The van der Waals surface area contributed by atoms with Gasteiger partial charge in [0.05, 0.1) is 0 Å². The fraction of sp³-hybridized carbons (Fsp3) is 0.786. The van der Waals surface area contributed by atoms with Crippen molar-refractivity contribution in [2.45, 2.75) is 45.2 Å². The molecule has 0 aromatic heterocycles. The Morgan fingerprint density at radius 3 is 2.89 bits per heavy atom. The van der Waals surface area contributed by atoms with Gasteiger partial charge in [0, 0.05) is 18.6 Å². The molecule has 2 heterocycles. The molecule has 1 N–H and O–H groups in total. The summed E-state index contributed by atoms with van der Waals surface area (Å²) in [5.74, 6) is 0.262. The van der Waals surface area contributed by atoms with Crippen LogP contribution in [0, 0.1) is 0 Å². The van der Waals surface area contributed by atoms with Gasteiger partial charge < -0.3 is 19.7 Å². The monoisotopic (exact) mass is 268 g/mol. The summed E-state index contributed by atoms with van der Waals surface area (Å²) in [5, 5.41) is 3.48. The van der Waals surface area contributed by atoms with Crippen LogP contribution in [-0.4, -0.2) is 49.2 Å². The molecule has 0 spiro atoms.